The fraction of sp³-hybridized carbons (Fsp3) is 0.667. The number of unbranched alkanes of at least 4 members (excludes halogenated alkanes) is 1. The summed E-state index contributed by atoms with van der Waals surface area (Å²) in [5, 5.41) is 3.27. The molecule has 0 atom stereocenters. The van der Waals surface area contributed by atoms with Crippen molar-refractivity contribution >= 4 is 51.3 Å². The lowest BCUT2D eigenvalue weighted by molar-refractivity contribution is 0.465. The topological polar surface area (TPSA) is 65.0 Å². The molecule has 0 radical (unpaired) electrons. The van der Waals surface area contributed by atoms with Crippen molar-refractivity contribution in [2.45, 2.75) is 37.4 Å². The van der Waals surface area contributed by atoms with E-state index in [1.807, 2.05) is 20.0 Å². The van der Waals surface area contributed by atoms with Gasteiger partial charge in [-0.05, 0) is 25.5 Å². The van der Waals surface area contributed by atoms with Crippen molar-refractivity contribution in [1.82, 2.24) is 14.5 Å². The quantitative estimate of drug-likeness (QED) is 0.347. The van der Waals surface area contributed by atoms with Gasteiger partial charge in [0.05, 0.1) is 6.54 Å². The van der Waals surface area contributed by atoms with Crippen LogP contribution in [-0.2, 0) is 16.6 Å². The Balaban J connectivity index is 0.00000529. The first-order valence-electron chi connectivity index (χ1n) is 7.83. The highest BCUT2D eigenvalue weighted by molar-refractivity contribution is 14.0. The largest absolute Gasteiger partial charge is 0.357 e. The number of aliphatic imine (C=N–C) groups is 1. The molecule has 1 aromatic heterocycles. The molecule has 0 spiro atoms. The summed E-state index contributed by atoms with van der Waals surface area (Å²) in [5.74, 6) is 0.853. The van der Waals surface area contributed by atoms with Gasteiger partial charge in [0.2, 0.25) is 0 Å². The third kappa shape index (κ3) is 6.85. The maximum absolute atomic E-state index is 12.1. The van der Waals surface area contributed by atoms with E-state index < -0.39 is 10.0 Å². The minimum absolute atomic E-state index is 0. The zero-order valence-corrected chi connectivity index (χ0v) is 19.0. The summed E-state index contributed by atoms with van der Waals surface area (Å²) in [6.07, 6.45) is 2.26. The number of hydrogen-bond donors (Lipinski definition) is 1. The molecule has 0 aliphatic heterocycles. The smallest absolute Gasteiger partial charge is 0.252 e. The number of nitrogens with one attached hydrogen (secondary N) is 1. The molecule has 1 aromatic rings. The van der Waals surface area contributed by atoms with Crippen LogP contribution in [-0.4, -0.2) is 57.8 Å². The zero-order valence-electron chi connectivity index (χ0n) is 15.1. The average Bonchev–Trinajstić information content (AvgIpc) is 2.98. The highest BCUT2D eigenvalue weighted by Gasteiger charge is 2.19. The first-order valence-corrected chi connectivity index (χ1v) is 10.1. The van der Waals surface area contributed by atoms with Crippen LogP contribution in [0.25, 0.3) is 0 Å². The summed E-state index contributed by atoms with van der Waals surface area (Å²) in [7, 11) is 1.75. The molecule has 0 fully saturated rings. The third-order valence-corrected chi connectivity index (χ3v) is 6.65. The van der Waals surface area contributed by atoms with Gasteiger partial charge in [0, 0.05) is 39.1 Å². The van der Waals surface area contributed by atoms with Gasteiger partial charge in [0.1, 0.15) is 4.21 Å². The number of nitrogens with zero attached hydrogens (tertiary/aromatic N) is 3. The Kier molecular flexibility index (Phi) is 11.1. The molecule has 1 N–H and O–H groups in total. The summed E-state index contributed by atoms with van der Waals surface area (Å²) in [5.41, 5.74) is 0. The van der Waals surface area contributed by atoms with Crippen molar-refractivity contribution in [3.8, 4) is 0 Å². The number of hydrogen-bond acceptors (Lipinski definition) is 4. The van der Waals surface area contributed by atoms with E-state index in [-0.39, 0.29) is 24.0 Å². The van der Waals surface area contributed by atoms with E-state index in [1.54, 1.807) is 20.2 Å². The van der Waals surface area contributed by atoms with Crippen LogP contribution in [0.3, 0.4) is 0 Å². The second-order valence-electron chi connectivity index (χ2n) is 5.45. The van der Waals surface area contributed by atoms with Crippen molar-refractivity contribution in [3.63, 3.8) is 0 Å². The van der Waals surface area contributed by atoms with Crippen LogP contribution in [0.4, 0.5) is 0 Å². The number of guanidine groups is 1. The summed E-state index contributed by atoms with van der Waals surface area (Å²) < 4.78 is 25.8. The Labute approximate surface area is 167 Å². The Morgan fingerprint density at radius 3 is 2.46 bits per heavy atom. The van der Waals surface area contributed by atoms with Crippen molar-refractivity contribution in [3.05, 3.63) is 17.0 Å². The Bertz CT molecular complexity index is 615. The zero-order chi connectivity index (χ0) is 17.5. The van der Waals surface area contributed by atoms with E-state index in [0.29, 0.717) is 10.8 Å². The van der Waals surface area contributed by atoms with Crippen molar-refractivity contribution in [1.29, 1.82) is 0 Å². The van der Waals surface area contributed by atoms with Gasteiger partial charge in [-0.1, -0.05) is 13.3 Å². The van der Waals surface area contributed by atoms with Gasteiger partial charge in [0.15, 0.2) is 5.96 Å². The highest BCUT2D eigenvalue weighted by Crippen LogP contribution is 2.24. The molecule has 0 aromatic carbocycles. The maximum atomic E-state index is 12.1. The second-order valence-corrected chi connectivity index (χ2v) is 9.00. The summed E-state index contributed by atoms with van der Waals surface area (Å²) in [6.45, 7) is 6.44. The van der Waals surface area contributed by atoms with Gasteiger partial charge >= 0.3 is 0 Å². The fourth-order valence-electron chi connectivity index (χ4n) is 1.89. The summed E-state index contributed by atoms with van der Waals surface area (Å²) in [4.78, 5) is 7.65. The van der Waals surface area contributed by atoms with Crippen LogP contribution in [0.5, 0.6) is 0 Å². The molecule has 0 saturated carbocycles. The molecule has 24 heavy (non-hydrogen) atoms. The molecule has 0 amide bonds. The monoisotopic (exact) mass is 488 g/mol. The highest BCUT2D eigenvalue weighted by atomic mass is 127. The summed E-state index contributed by atoms with van der Waals surface area (Å²) in [6, 6.07) is 3.48. The second kappa shape index (κ2) is 11.3. The van der Waals surface area contributed by atoms with E-state index in [1.165, 1.54) is 15.6 Å². The first-order chi connectivity index (χ1) is 10.8. The molecular weight excluding hydrogens is 459 g/mol. The van der Waals surface area contributed by atoms with Crippen LogP contribution < -0.4 is 5.32 Å². The standard InChI is InChI=1S/C15H28N4O2S2.HI/c1-6-8-11-19(5)15(16-7-2)17-12-13-9-10-14(22-13)23(20,21)18(3)4;/h9-10H,6-8,11-12H2,1-5H3,(H,16,17);1H. The number of halogens is 1. The van der Waals surface area contributed by atoms with Crippen LogP contribution in [0.2, 0.25) is 0 Å². The third-order valence-electron chi connectivity index (χ3n) is 3.30. The molecule has 0 unspecified atom stereocenters. The molecular formula is C15H29IN4O2S2. The van der Waals surface area contributed by atoms with Gasteiger partial charge in [-0.3, -0.25) is 0 Å². The molecule has 0 saturated heterocycles. The van der Waals surface area contributed by atoms with Gasteiger partial charge in [-0.2, -0.15) is 0 Å². The van der Waals surface area contributed by atoms with E-state index in [4.69, 9.17) is 0 Å². The SMILES string of the molecule is CCCCN(C)C(=NCc1ccc(S(=O)(=O)N(C)C)s1)NCC.I. The molecule has 1 heterocycles. The molecule has 1 rings (SSSR count). The Morgan fingerprint density at radius 1 is 1.25 bits per heavy atom. The average molecular weight is 488 g/mol. The molecule has 9 heteroatoms. The lowest BCUT2D eigenvalue weighted by Gasteiger charge is -2.21. The minimum atomic E-state index is -3.36. The molecule has 6 nitrogen and oxygen atoms in total. The molecule has 140 valence electrons. The van der Waals surface area contributed by atoms with E-state index in [2.05, 4.69) is 22.1 Å². The van der Waals surface area contributed by atoms with Crippen LogP contribution in [0, 0.1) is 0 Å². The van der Waals surface area contributed by atoms with E-state index in [9.17, 15) is 8.42 Å². The lowest BCUT2D eigenvalue weighted by Crippen LogP contribution is -2.39. The lowest BCUT2D eigenvalue weighted by atomic mass is 10.3. The first kappa shape index (κ1) is 23.6. The minimum Gasteiger partial charge on any atom is -0.357 e. The van der Waals surface area contributed by atoms with Gasteiger partial charge in [-0.15, -0.1) is 35.3 Å². The van der Waals surface area contributed by atoms with Gasteiger partial charge in [-0.25, -0.2) is 17.7 Å². The normalized spacial score (nSPS) is 12.2. The fourth-order valence-corrected chi connectivity index (χ4v) is 4.33. The number of rotatable bonds is 8. The predicted molar refractivity (Wildman–Crippen MR) is 113 cm³/mol. The number of thiophene rings is 1. The summed E-state index contributed by atoms with van der Waals surface area (Å²) >= 11 is 1.27. The number of sulfonamides is 1. The van der Waals surface area contributed by atoms with Crippen LogP contribution in [0.1, 0.15) is 31.6 Å². The van der Waals surface area contributed by atoms with Crippen LogP contribution in [0.15, 0.2) is 21.3 Å². The van der Waals surface area contributed by atoms with Crippen molar-refractivity contribution in [2.24, 2.45) is 4.99 Å². The van der Waals surface area contributed by atoms with Gasteiger partial charge < -0.3 is 10.2 Å². The molecule has 0 aliphatic carbocycles. The van der Waals surface area contributed by atoms with Crippen molar-refractivity contribution in [2.75, 3.05) is 34.2 Å². The van der Waals surface area contributed by atoms with Crippen LogP contribution >= 0.6 is 35.3 Å². The Morgan fingerprint density at radius 2 is 1.92 bits per heavy atom. The van der Waals surface area contributed by atoms with Crippen molar-refractivity contribution < 1.29 is 8.42 Å². The maximum Gasteiger partial charge on any atom is 0.252 e. The molecule has 0 bridgehead atoms. The molecule has 0 aliphatic rings. The van der Waals surface area contributed by atoms with Gasteiger partial charge in [0.25, 0.3) is 10.0 Å². The van der Waals surface area contributed by atoms with E-state index >= 15 is 0 Å². The predicted octanol–water partition coefficient (Wildman–Crippen LogP) is 2.81. The van der Waals surface area contributed by atoms with E-state index in [0.717, 1.165) is 36.8 Å². The Hall–Kier alpha value is -0.390.